The Labute approximate surface area is 112 Å². The molecule has 0 aliphatic heterocycles. The number of carbonyl (C=O) groups excluding carboxylic acids is 1. The highest BCUT2D eigenvalue weighted by atomic mass is 16.5. The maximum atomic E-state index is 11.5. The van der Waals surface area contributed by atoms with Crippen molar-refractivity contribution < 1.29 is 19.4 Å². The average Bonchev–Trinajstić information content (AvgIpc) is 2.44. The lowest BCUT2D eigenvalue weighted by Gasteiger charge is -2.08. The molecule has 0 bridgehead atoms. The summed E-state index contributed by atoms with van der Waals surface area (Å²) in [5, 5.41) is 11.5. The lowest BCUT2D eigenvalue weighted by molar-refractivity contribution is -0.117. The van der Waals surface area contributed by atoms with Crippen molar-refractivity contribution in [1.82, 2.24) is 5.32 Å². The zero-order chi connectivity index (χ0) is 14.3. The highest BCUT2D eigenvalue weighted by molar-refractivity contribution is 5.92. The molecule has 0 aromatic heterocycles. The van der Waals surface area contributed by atoms with Gasteiger partial charge < -0.3 is 19.9 Å². The number of aliphatic hydroxyl groups excluding tert-OH is 1. The van der Waals surface area contributed by atoms with E-state index >= 15 is 0 Å². The summed E-state index contributed by atoms with van der Waals surface area (Å²) in [6, 6.07) is 5.08. The van der Waals surface area contributed by atoms with E-state index in [9.17, 15) is 4.79 Å². The van der Waals surface area contributed by atoms with Crippen LogP contribution >= 0.6 is 0 Å². The van der Waals surface area contributed by atoms with Gasteiger partial charge in [0.1, 0.15) is 11.5 Å². The second-order valence-electron chi connectivity index (χ2n) is 4.07. The number of benzene rings is 1. The molecule has 2 N–H and O–H groups in total. The minimum atomic E-state index is -0.267. The van der Waals surface area contributed by atoms with Crippen molar-refractivity contribution in [2.45, 2.75) is 13.0 Å². The molecule has 1 aromatic carbocycles. The highest BCUT2D eigenvalue weighted by Gasteiger charge is 2.03. The molecular weight excluding hydrogens is 246 g/mol. The maximum Gasteiger partial charge on any atom is 0.244 e. The van der Waals surface area contributed by atoms with E-state index in [0.717, 1.165) is 5.56 Å². The molecule has 5 nitrogen and oxygen atoms in total. The first-order valence-corrected chi connectivity index (χ1v) is 5.91. The van der Waals surface area contributed by atoms with Gasteiger partial charge in [-0.2, -0.15) is 0 Å². The van der Waals surface area contributed by atoms with Crippen LogP contribution in [-0.2, 0) is 4.79 Å². The van der Waals surface area contributed by atoms with E-state index in [1.54, 1.807) is 45.4 Å². The van der Waals surface area contributed by atoms with Crippen molar-refractivity contribution >= 4 is 12.0 Å². The van der Waals surface area contributed by atoms with Gasteiger partial charge in [0.15, 0.2) is 0 Å². The third kappa shape index (κ3) is 5.01. The number of hydrogen-bond acceptors (Lipinski definition) is 4. The average molecular weight is 265 g/mol. The molecule has 1 rings (SSSR count). The van der Waals surface area contributed by atoms with Gasteiger partial charge in [0.25, 0.3) is 0 Å². The van der Waals surface area contributed by atoms with Crippen LogP contribution < -0.4 is 14.8 Å². The van der Waals surface area contributed by atoms with Gasteiger partial charge in [-0.25, -0.2) is 0 Å². The molecular formula is C14H19NO4. The molecule has 19 heavy (non-hydrogen) atoms. The Hall–Kier alpha value is -2.01. The summed E-state index contributed by atoms with van der Waals surface area (Å²) in [6.07, 6.45) is 3.06. The number of aliphatic hydroxyl groups is 1. The molecule has 0 aliphatic rings. The quantitative estimate of drug-likeness (QED) is 0.759. The smallest absolute Gasteiger partial charge is 0.244 e. The van der Waals surface area contributed by atoms with Crippen molar-refractivity contribution in [3.05, 3.63) is 29.8 Å². The monoisotopic (exact) mass is 265 g/mol. The molecule has 0 spiro atoms. The summed E-state index contributed by atoms with van der Waals surface area (Å²) in [5.41, 5.74) is 0.794. The Morgan fingerprint density at radius 1 is 1.32 bits per heavy atom. The van der Waals surface area contributed by atoms with Crippen molar-refractivity contribution in [3.8, 4) is 11.5 Å². The first-order chi connectivity index (χ1) is 9.08. The van der Waals surface area contributed by atoms with Crippen LogP contribution in [0.1, 0.15) is 12.5 Å². The zero-order valence-electron chi connectivity index (χ0n) is 11.3. The Balaban J connectivity index is 2.78. The molecule has 0 aliphatic carbocycles. The summed E-state index contributed by atoms with van der Waals surface area (Å²) in [5.74, 6) is 1.05. The Bertz CT molecular complexity index is 435. The predicted octanol–water partition coefficient (Wildman–Crippen LogP) is 1.21. The first-order valence-electron chi connectivity index (χ1n) is 5.91. The third-order valence-electron chi connectivity index (χ3n) is 2.46. The molecule has 5 heteroatoms. The number of nitrogens with one attached hydrogen (secondary N) is 1. The van der Waals surface area contributed by atoms with Crippen LogP contribution in [0.4, 0.5) is 0 Å². The lowest BCUT2D eigenvalue weighted by atomic mass is 10.2. The fourth-order valence-electron chi connectivity index (χ4n) is 1.43. The molecule has 0 saturated carbocycles. The minimum Gasteiger partial charge on any atom is -0.497 e. The van der Waals surface area contributed by atoms with Crippen LogP contribution in [0.5, 0.6) is 11.5 Å². The fourth-order valence-corrected chi connectivity index (χ4v) is 1.43. The van der Waals surface area contributed by atoms with Gasteiger partial charge in [-0.1, -0.05) is 0 Å². The van der Waals surface area contributed by atoms with Crippen molar-refractivity contribution in [2.75, 3.05) is 20.8 Å². The molecule has 1 aromatic rings. The van der Waals surface area contributed by atoms with Gasteiger partial charge in [-0.05, 0) is 30.7 Å². The molecule has 1 unspecified atom stereocenters. The number of amides is 1. The number of ether oxygens (including phenoxy) is 2. The second kappa shape index (κ2) is 7.43. The van der Waals surface area contributed by atoms with Gasteiger partial charge >= 0.3 is 0 Å². The van der Waals surface area contributed by atoms with Gasteiger partial charge in [0.2, 0.25) is 5.91 Å². The Morgan fingerprint density at radius 2 is 1.89 bits per heavy atom. The van der Waals surface area contributed by atoms with E-state index in [2.05, 4.69) is 5.32 Å². The van der Waals surface area contributed by atoms with E-state index in [1.165, 1.54) is 6.08 Å². The van der Waals surface area contributed by atoms with Gasteiger partial charge in [0.05, 0.1) is 20.8 Å². The third-order valence-corrected chi connectivity index (χ3v) is 2.46. The molecule has 0 fully saturated rings. The first kappa shape index (κ1) is 15.0. The highest BCUT2D eigenvalue weighted by Crippen LogP contribution is 2.23. The van der Waals surface area contributed by atoms with E-state index in [4.69, 9.17) is 14.6 Å². The van der Waals surface area contributed by atoms with E-state index in [0.29, 0.717) is 11.5 Å². The van der Waals surface area contributed by atoms with Gasteiger partial charge in [-0.15, -0.1) is 0 Å². The summed E-state index contributed by atoms with van der Waals surface area (Å²) >= 11 is 0. The minimum absolute atomic E-state index is 0.0907. The van der Waals surface area contributed by atoms with Gasteiger partial charge in [0, 0.05) is 18.2 Å². The summed E-state index contributed by atoms with van der Waals surface area (Å²) < 4.78 is 10.3. The van der Waals surface area contributed by atoms with Gasteiger partial charge in [-0.3, -0.25) is 4.79 Å². The van der Waals surface area contributed by atoms with Crippen LogP contribution in [0.25, 0.3) is 6.08 Å². The number of methoxy groups -OCH3 is 2. The lowest BCUT2D eigenvalue weighted by Crippen LogP contribution is -2.33. The number of hydrogen-bond donors (Lipinski definition) is 2. The summed E-state index contributed by atoms with van der Waals surface area (Å²) in [6.45, 7) is 1.63. The normalized spacial score (nSPS) is 12.2. The summed E-state index contributed by atoms with van der Waals surface area (Å²) in [7, 11) is 3.13. The molecule has 1 atom stereocenters. The molecule has 0 saturated heterocycles. The standard InChI is InChI=1S/C14H19NO4/c1-10(9-16)15-14(17)5-4-11-6-12(18-2)8-13(7-11)19-3/h4-8,10,16H,9H2,1-3H3,(H,15,17)/b5-4+. The van der Waals surface area contributed by atoms with Crippen molar-refractivity contribution in [2.24, 2.45) is 0 Å². The van der Waals surface area contributed by atoms with Crippen molar-refractivity contribution in [3.63, 3.8) is 0 Å². The second-order valence-corrected chi connectivity index (χ2v) is 4.07. The van der Waals surface area contributed by atoms with E-state index in [1.807, 2.05) is 0 Å². The molecule has 0 radical (unpaired) electrons. The SMILES string of the molecule is COc1cc(/C=C/C(=O)NC(C)CO)cc(OC)c1. The largest absolute Gasteiger partial charge is 0.497 e. The van der Waals surface area contributed by atoms with E-state index in [-0.39, 0.29) is 18.6 Å². The van der Waals surface area contributed by atoms with Crippen LogP contribution in [0.3, 0.4) is 0 Å². The zero-order valence-corrected chi connectivity index (χ0v) is 11.3. The molecule has 104 valence electrons. The number of carbonyl (C=O) groups is 1. The maximum absolute atomic E-state index is 11.5. The number of rotatable bonds is 6. The summed E-state index contributed by atoms with van der Waals surface area (Å²) in [4.78, 5) is 11.5. The predicted molar refractivity (Wildman–Crippen MR) is 73.3 cm³/mol. The Kier molecular flexibility index (Phi) is 5.89. The van der Waals surface area contributed by atoms with Crippen LogP contribution in [0.15, 0.2) is 24.3 Å². The fraction of sp³-hybridized carbons (Fsp3) is 0.357. The Morgan fingerprint density at radius 3 is 2.37 bits per heavy atom. The topological polar surface area (TPSA) is 67.8 Å². The van der Waals surface area contributed by atoms with Crippen LogP contribution in [-0.4, -0.2) is 37.9 Å². The molecule has 0 heterocycles. The van der Waals surface area contributed by atoms with E-state index < -0.39 is 0 Å². The van der Waals surface area contributed by atoms with Crippen LogP contribution in [0, 0.1) is 0 Å². The molecule has 1 amide bonds. The van der Waals surface area contributed by atoms with Crippen molar-refractivity contribution in [1.29, 1.82) is 0 Å². The van der Waals surface area contributed by atoms with Crippen LogP contribution in [0.2, 0.25) is 0 Å².